The van der Waals surface area contributed by atoms with Crippen LogP contribution < -0.4 is 10.1 Å². The molecule has 0 bridgehead atoms. The van der Waals surface area contributed by atoms with Crippen LogP contribution in [0.25, 0.3) is 0 Å². The van der Waals surface area contributed by atoms with Gasteiger partial charge in [0.2, 0.25) is 0 Å². The number of fused-ring (bicyclic) bond motifs is 1. The maximum absolute atomic E-state index is 9.40. The topological polar surface area (TPSA) is 41.5 Å². The molecule has 0 saturated carbocycles. The summed E-state index contributed by atoms with van der Waals surface area (Å²) in [5.74, 6) is 1.69. The number of para-hydroxylation sites is 1. The highest BCUT2D eigenvalue weighted by atomic mass is 16.5. The lowest BCUT2D eigenvalue weighted by Gasteiger charge is -2.24. The maximum Gasteiger partial charge on any atom is 0.122 e. The average Bonchev–Trinajstić information content (AvgIpc) is 2.93. The smallest absolute Gasteiger partial charge is 0.122 e. The SMILES string of the molecule is CCNC(Cc1ccc(O)cc1)C1COc2ccccc21. The normalized spacial score (nSPS) is 18.0. The molecule has 2 unspecified atom stereocenters. The molecular formula is C18H21NO2. The quantitative estimate of drug-likeness (QED) is 0.886. The fourth-order valence-electron chi connectivity index (χ4n) is 3.03. The van der Waals surface area contributed by atoms with Gasteiger partial charge in [-0.05, 0) is 36.7 Å². The van der Waals surface area contributed by atoms with Gasteiger partial charge >= 0.3 is 0 Å². The second kappa shape index (κ2) is 6.19. The Balaban J connectivity index is 1.80. The molecule has 0 fully saturated rings. The standard InChI is InChI=1S/C18H21NO2/c1-2-19-17(11-13-7-9-14(20)10-8-13)16-12-21-18-6-4-3-5-15(16)18/h3-10,16-17,19-20H,2,11-12H2,1H3. The number of phenolic OH excluding ortho intramolecular Hbond substituents is 1. The monoisotopic (exact) mass is 283 g/mol. The lowest BCUT2D eigenvalue weighted by molar-refractivity contribution is 0.298. The number of hydrogen-bond acceptors (Lipinski definition) is 3. The Kier molecular flexibility index (Phi) is 4.11. The molecule has 2 aromatic carbocycles. The first-order valence-electron chi connectivity index (χ1n) is 7.51. The van der Waals surface area contributed by atoms with Crippen molar-refractivity contribution in [2.45, 2.75) is 25.3 Å². The zero-order valence-corrected chi connectivity index (χ0v) is 12.3. The van der Waals surface area contributed by atoms with Crippen molar-refractivity contribution in [3.63, 3.8) is 0 Å². The predicted octanol–water partition coefficient (Wildman–Crippen LogP) is 3.09. The van der Waals surface area contributed by atoms with Crippen molar-refractivity contribution in [2.24, 2.45) is 0 Å². The first-order chi connectivity index (χ1) is 10.3. The minimum atomic E-state index is 0.313. The molecule has 2 atom stereocenters. The van der Waals surface area contributed by atoms with Crippen LogP contribution in [0.4, 0.5) is 0 Å². The van der Waals surface area contributed by atoms with Gasteiger partial charge < -0.3 is 15.2 Å². The molecule has 0 amide bonds. The van der Waals surface area contributed by atoms with Crippen molar-refractivity contribution in [1.82, 2.24) is 5.32 Å². The Labute approximate surface area is 125 Å². The molecule has 21 heavy (non-hydrogen) atoms. The Bertz CT molecular complexity index is 594. The molecule has 1 aliphatic rings. The molecule has 3 rings (SSSR count). The summed E-state index contributed by atoms with van der Waals surface area (Å²) in [6, 6.07) is 16.1. The third-order valence-electron chi connectivity index (χ3n) is 4.08. The minimum Gasteiger partial charge on any atom is -0.508 e. The fraction of sp³-hybridized carbons (Fsp3) is 0.333. The fourth-order valence-corrected chi connectivity index (χ4v) is 3.03. The van der Waals surface area contributed by atoms with E-state index in [4.69, 9.17) is 4.74 Å². The molecule has 110 valence electrons. The van der Waals surface area contributed by atoms with Gasteiger partial charge in [0.1, 0.15) is 11.5 Å². The second-order valence-electron chi connectivity index (χ2n) is 5.49. The van der Waals surface area contributed by atoms with Crippen LogP contribution in [0.15, 0.2) is 48.5 Å². The highest BCUT2D eigenvalue weighted by molar-refractivity contribution is 5.41. The van der Waals surface area contributed by atoms with Crippen LogP contribution in [0.3, 0.4) is 0 Å². The molecule has 1 heterocycles. The molecule has 2 N–H and O–H groups in total. The summed E-state index contributed by atoms with van der Waals surface area (Å²) in [4.78, 5) is 0. The first kappa shape index (κ1) is 14.0. The van der Waals surface area contributed by atoms with E-state index in [-0.39, 0.29) is 0 Å². The zero-order chi connectivity index (χ0) is 14.7. The van der Waals surface area contributed by atoms with Gasteiger partial charge in [-0.15, -0.1) is 0 Å². The molecule has 2 aromatic rings. The summed E-state index contributed by atoms with van der Waals surface area (Å²) >= 11 is 0. The summed E-state index contributed by atoms with van der Waals surface area (Å²) in [5.41, 5.74) is 2.52. The lowest BCUT2D eigenvalue weighted by atomic mass is 9.89. The van der Waals surface area contributed by atoms with Crippen molar-refractivity contribution in [3.8, 4) is 11.5 Å². The second-order valence-corrected chi connectivity index (χ2v) is 5.49. The number of benzene rings is 2. The van der Waals surface area contributed by atoms with Gasteiger partial charge in [-0.1, -0.05) is 37.3 Å². The summed E-state index contributed by atoms with van der Waals surface area (Å²) in [5, 5.41) is 13.0. The Hall–Kier alpha value is -2.00. The van der Waals surface area contributed by atoms with Crippen LogP contribution in [0.5, 0.6) is 11.5 Å². The highest BCUT2D eigenvalue weighted by Crippen LogP contribution is 2.36. The van der Waals surface area contributed by atoms with Gasteiger partial charge in [0.05, 0.1) is 6.61 Å². The zero-order valence-electron chi connectivity index (χ0n) is 12.3. The Morgan fingerprint density at radius 3 is 2.71 bits per heavy atom. The van der Waals surface area contributed by atoms with Crippen molar-refractivity contribution in [3.05, 3.63) is 59.7 Å². The number of likely N-dealkylation sites (N-methyl/N-ethyl adjacent to an activating group) is 1. The van der Waals surface area contributed by atoms with Crippen molar-refractivity contribution >= 4 is 0 Å². The maximum atomic E-state index is 9.40. The molecule has 0 spiro atoms. The number of rotatable bonds is 5. The Morgan fingerprint density at radius 1 is 1.19 bits per heavy atom. The summed E-state index contributed by atoms with van der Waals surface area (Å²) < 4.78 is 5.82. The average molecular weight is 283 g/mol. The van der Waals surface area contributed by atoms with Gasteiger partial charge in [0, 0.05) is 17.5 Å². The molecular weight excluding hydrogens is 262 g/mol. The molecule has 3 heteroatoms. The summed E-state index contributed by atoms with van der Waals surface area (Å²) in [6.45, 7) is 3.79. The summed E-state index contributed by atoms with van der Waals surface area (Å²) in [6.07, 6.45) is 0.927. The third-order valence-corrected chi connectivity index (χ3v) is 4.08. The molecule has 0 radical (unpaired) electrons. The Morgan fingerprint density at radius 2 is 1.95 bits per heavy atom. The van der Waals surface area contributed by atoms with Gasteiger partial charge in [-0.2, -0.15) is 0 Å². The van der Waals surface area contributed by atoms with Crippen molar-refractivity contribution in [1.29, 1.82) is 0 Å². The van der Waals surface area contributed by atoms with Gasteiger partial charge in [-0.25, -0.2) is 0 Å². The molecule has 1 aliphatic heterocycles. The summed E-state index contributed by atoms with van der Waals surface area (Å²) in [7, 11) is 0. The van der Waals surface area contributed by atoms with Crippen LogP contribution in [0.1, 0.15) is 24.0 Å². The van der Waals surface area contributed by atoms with E-state index < -0.39 is 0 Å². The largest absolute Gasteiger partial charge is 0.508 e. The van der Waals surface area contributed by atoms with E-state index in [1.54, 1.807) is 12.1 Å². The number of nitrogens with one attached hydrogen (secondary N) is 1. The highest BCUT2D eigenvalue weighted by Gasteiger charge is 2.30. The number of phenols is 1. The van der Waals surface area contributed by atoms with E-state index in [9.17, 15) is 5.11 Å². The van der Waals surface area contributed by atoms with E-state index in [0.717, 1.165) is 25.3 Å². The van der Waals surface area contributed by atoms with E-state index in [1.807, 2.05) is 24.3 Å². The minimum absolute atomic E-state index is 0.313. The van der Waals surface area contributed by atoms with Crippen LogP contribution in [-0.4, -0.2) is 24.3 Å². The number of hydrogen-bond donors (Lipinski definition) is 2. The van der Waals surface area contributed by atoms with Crippen molar-refractivity contribution in [2.75, 3.05) is 13.2 Å². The van der Waals surface area contributed by atoms with Crippen molar-refractivity contribution < 1.29 is 9.84 Å². The lowest BCUT2D eigenvalue weighted by Crippen LogP contribution is -2.37. The molecule has 0 saturated heterocycles. The molecule has 3 nitrogen and oxygen atoms in total. The molecule has 0 aliphatic carbocycles. The van der Waals surface area contributed by atoms with E-state index in [2.05, 4.69) is 24.4 Å². The van der Waals surface area contributed by atoms with Crippen LogP contribution >= 0.6 is 0 Å². The van der Waals surface area contributed by atoms with Gasteiger partial charge in [-0.3, -0.25) is 0 Å². The van der Waals surface area contributed by atoms with Crippen LogP contribution in [0, 0.1) is 0 Å². The third kappa shape index (κ3) is 3.03. The van der Waals surface area contributed by atoms with E-state index >= 15 is 0 Å². The number of aromatic hydroxyl groups is 1. The molecule has 0 aromatic heterocycles. The van der Waals surface area contributed by atoms with E-state index in [1.165, 1.54) is 11.1 Å². The first-order valence-corrected chi connectivity index (χ1v) is 7.51. The van der Waals surface area contributed by atoms with Crippen LogP contribution in [-0.2, 0) is 6.42 Å². The predicted molar refractivity (Wildman–Crippen MR) is 84.0 cm³/mol. The van der Waals surface area contributed by atoms with Gasteiger partial charge in [0.15, 0.2) is 0 Å². The number of ether oxygens (including phenoxy) is 1. The van der Waals surface area contributed by atoms with Crippen LogP contribution in [0.2, 0.25) is 0 Å². The van der Waals surface area contributed by atoms with E-state index in [0.29, 0.717) is 17.7 Å². The van der Waals surface area contributed by atoms with Gasteiger partial charge in [0.25, 0.3) is 0 Å².